The Hall–Kier alpha value is 0.246. The molecule has 0 saturated carbocycles. The molecule has 0 atom stereocenters. The van der Waals surface area contributed by atoms with E-state index in [2.05, 4.69) is 13.8 Å². The molecule has 0 unspecified atom stereocenters. The van der Waals surface area contributed by atoms with Crippen LogP contribution in [-0.2, 0) is 23.0 Å². The molecule has 0 N–H and O–H groups in total. The largest absolute Gasteiger partial charge is 1.00 e. The van der Waals surface area contributed by atoms with Gasteiger partial charge in [0.05, 0.1) is 4.90 Å². The fourth-order valence-corrected chi connectivity index (χ4v) is 4.33. The van der Waals surface area contributed by atoms with Crippen molar-refractivity contribution in [3.8, 4) is 0 Å². The predicted molar refractivity (Wildman–Crippen MR) is 98.4 cm³/mol. The van der Waals surface area contributed by atoms with Crippen LogP contribution in [0.5, 0.6) is 0 Å². The Morgan fingerprint density at radius 2 is 1.52 bits per heavy atom. The SMILES string of the molecule is CCCCCc1cc2ccccc2c(CCCCC)c1S(=O)(=O)[O-].[K+]. The Balaban J connectivity index is 0.00000312. The molecule has 2 rings (SSSR count). The summed E-state index contributed by atoms with van der Waals surface area (Å²) in [5.74, 6) is 0. The first-order chi connectivity index (χ1) is 11.5. The van der Waals surface area contributed by atoms with Crippen molar-refractivity contribution in [2.24, 2.45) is 0 Å². The zero-order chi connectivity index (χ0) is 17.6. The van der Waals surface area contributed by atoms with Gasteiger partial charge in [0.25, 0.3) is 0 Å². The minimum absolute atomic E-state index is 0. The zero-order valence-corrected chi connectivity index (χ0v) is 19.6. The molecule has 2 aromatic carbocycles. The Labute approximate surface area is 194 Å². The summed E-state index contributed by atoms with van der Waals surface area (Å²) in [6.45, 7) is 4.23. The van der Waals surface area contributed by atoms with Crippen molar-refractivity contribution in [3.63, 3.8) is 0 Å². The van der Waals surface area contributed by atoms with E-state index in [-0.39, 0.29) is 56.3 Å². The van der Waals surface area contributed by atoms with Crippen molar-refractivity contribution in [2.75, 3.05) is 0 Å². The third-order valence-corrected chi connectivity index (χ3v) is 5.52. The molecule has 0 spiro atoms. The maximum Gasteiger partial charge on any atom is 1.00 e. The first kappa shape index (κ1) is 23.3. The van der Waals surface area contributed by atoms with Crippen LogP contribution in [0.25, 0.3) is 10.8 Å². The van der Waals surface area contributed by atoms with Gasteiger partial charge in [-0.05, 0) is 53.6 Å². The first-order valence-corrected chi connectivity index (χ1v) is 10.4. The molecule has 0 radical (unpaired) electrons. The Bertz CT molecular complexity index is 785. The van der Waals surface area contributed by atoms with Gasteiger partial charge in [-0.2, -0.15) is 0 Å². The van der Waals surface area contributed by atoms with Gasteiger partial charge >= 0.3 is 51.4 Å². The van der Waals surface area contributed by atoms with Crippen molar-refractivity contribution >= 4 is 20.9 Å². The van der Waals surface area contributed by atoms with Gasteiger partial charge in [-0.25, -0.2) is 8.42 Å². The van der Waals surface area contributed by atoms with Crippen LogP contribution in [0.15, 0.2) is 35.2 Å². The van der Waals surface area contributed by atoms with E-state index < -0.39 is 10.1 Å². The maximum atomic E-state index is 12.0. The van der Waals surface area contributed by atoms with E-state index in [0.29, 0.717) is 18.4 Å². The van der Waals surface area contributed by atoms with Gasteiger partial charge in [0, 0.05) is 0 Å². The summed E-state index contributed by atoms with van der Waals surface area (Å²) in [7, 11) is -4.48. The molecule has 2 aromatic rings. The van der Waals surface area contributed by atoms with Gasteiger partial charge in [-0.1, -0.05) is 63.8 Å². The molecule has 0 heterocycles. The Morgan fingerprint density at radius 1 is 0.920 bits per heavy atom. The van der Waals surface area contributed by atoms with Crippen molar-refractivity contribution in [1.82, 2.24) is 0 Å². The van der Waals surface area contributed by atoms with Gasteiger partial charge in [-0.15, -0.1) is 0 Å². The van der Waals surface area contributed by atoms with Crippen LogP contribution in [0, 0.1) is 0 Å². The van der Waals surface area contributed by atoms with Crippen LogP contribution >= 0.6 is 0 Å². The van der Waals surface area contributed by atoms with E-state index in [1.807, 2.05) is 30.3 Å². The van der Waals surface area contributed by atoms with Crippen LogP contribution in [-0.4, -0.2) is 13.0 Å². The topological polar surface area (TPSA) is 57.2 Å². The third-order valence-electron chi connectivity index (χ3n) is 4.51. The molecule has 0 aliphatic heterocycles. The Kier molecular flexibility index (Phi) is 10.4. The summed E-state index contributed by atoms with van der Waals surface area (Å²) in [5.41, 5.74) is 1.42. The summed E-state index contributed by atoms with van der Waals surface area (Å²) >= 11 is 0. The first-order valence-electron chi connectivity index (χ1n) is 8.98. The standard InChI is InChI=1S/C20H28O3S.K/c1-3-5-7-12-17-15-16-11-9-10-13-18(16)19(14-8-6-4-2)20(17)24(21,22)23;/h9-11,13,15H,3-8,12,14H2,1-2H3,(H,21,22,23);/q;+1/p-1. The van der Waals surface area contributed by atoms with Gasteiger partial charge in [0.1, 0.15) is 10.1 Å². The van der Waals surface area contributed by atoms with E-state index in [0.717, 1.165) is 54.9 Å². The molecular weight excluding hydrogens is 359 g/mol. The fraction of sp³-hybridized carbons (Fsp3) is 0.500. The molecule has 132 valence electrons. The zero-order valence-electron chi connectivity index (χ0n) is 15.7. The summed E-state index contributed by atoms with van der Waals surface area (Å²) in [5, 5.41) is 1.94. The second-order valence-electron chi connectivity index (χ2n) is 6.43. The van der Waals surface area contributed by atoms with Crippen molar-refractivity contribution in [3.05, 3.63) is 41.5 Å². The fourth-order valence-electron chi connectivity index (χ4n) is 3.33. The third kappa shape index (κ3) is 6.42. The monoisotopic (exact) mass is 386 g/mol. The number of fused-ring (bicyclic) bond motifs is 1. The van der Waals surface area contributed by atoms with Crippen molar-refractivity contribution < 1.29 is 64.4 Å². The molecule has 5 heteroatoms. The van der Waals surface area contributed by atoms with Crippen LogP contribution in [0.2, 0.25) is 0 Å². The molecule has 0 aliphatic carbocycles. The van der Waals surface area contributed by atoms with E-state index in [1.54, 1.807) is 0 Å². The summed E-state index contributed by atoms with van der Waals surface area (Å²) in [4.78, 5) is 0.0495. The van der Waals surface area contributed by atoms with Crippen molar-refractivity contribution in [1.29, 1.82) is 0 Å². The molecule has 0 saturated heterocycles. The number of rotatable bonds is 9. The van der Waals surface area contributed by atoms with E-state index in [4.69, 9.17) is 0 Å². The second kappa shape index (κ2) is 11.2. The number of aryl methyl sites for hydroxylation is 2. The Morgan fingerprint density at radius 3 is 2.12 bits per heavy atom. The van der Waals surface area contributed by atoms with Gasteiger partial charge in [0.2, 0.25) is 0 Å². The van der Waals surface area contributed by atoms with Gasteiger partial charge < -0.3 is 4.55 Å². The number of hydrogen-bond donors (Lipinski definition) is 0. The molecule has 0 aromatic heterocycles. The van der Waals surface area contributed by atoms with Crippen LogP contribution < -0.4 is 51.4 Å². The smallest absolute Gasteiger partial charge is 0.744 e. The van der Waals surface area contributed by atoms with Crippen LogP contribution in [0.3, 0.4) is 0 Å². The molecule has 25 heavy (non-hydrogen) atoms. The molecule has 0 aliphatic rings. The van der Waals surface area contributed by atoms with E-state index in [1.165, 1.54) is 0 Å². The molecule has 0 amide bonds. The predicted octanol–water partition coefficient (Wildman–Crippen LogP) is 2.21. The van der Waals surface area contributed by atoms with E-state index in [9.17, 15) is 13.0 Å². The van der Waals surface area contributed by atoms with Crippen molar-refractivity contribution in [2.45, 2.75) is 70.1 Å². The maximum absolute atomic E-state index is 12.0. The van der Waals surface area contributed by atoms with Gasteiger partial charge in [-0.3, -0.25) is 0 Å². The average molecular weight is 387 g/mol. The quantitative estimate of drug-likeness (QED) is 0.377. The van der Waals surface area contributed by atoms with Crippen LogP contribution in [0.1, 0.15) is 63.5 Å². The number of unbranched alkanes of at least 4 members (excludes halogenated alkanes) is 4. The average Bonchev–Trinajstić information content (AvgIpc) is 2.54. The summed E-state index contributed by atoms with van der Waals surface area (Å²) in [6, 6.07) is 9.70. The normalized spacial score (nSPS) is 11.5. The molecular formula is C20H27KO3S. The molecule has 0 fully saturated rings. The minimum Gasteiger partial charge on any atom is -0.744 e. The van der Waals surface area contributed by atoms with Crippen LogP contribution in [0.4, 0.5) is 0 Å². The minimum atomic E-state index is -4.48. The summed E-state index contributed by atoms with van der Waals surface area (Å²) < 4.78 is 36.1. The van der Waals surface area contributed by atoms with Gasteiger partial charge in [0.15, 0.2) is 0 Å². The molecule has 3 nitrogen and oxygen atoms in total. The number of benzene rings is 2. The summed E-state index contributed by atoms with van der Waals surface area (Å²) in [6.07, 6.45) is 7.31. The molecule has 0 bridgehead atoms. The van der Waals surface area contributed by atoms with E-state index >= 15 is 0 Å². The number of hydrogen-bond acceptors (Lipinski definition) is 3. The second-order valence-corrected chi connectivity index (χ2v) is 7.75.